The van der Waals surface area contributed by atoms with Crippen LogP contribution in [-0.4, -0.2) is 21.2 Å². The first-order chi connectivity index (χ1) is 11.0. The van der Waals surface area contributed by atoms with Crippen LogP contribution in [0.3, 0.4) is 0 Å². The molecule has 0 aliphatic carbocycles. The third kappa shape index (κ3) is 3.48. The van der Waals surface area contributed by atoms with Crippen LogP contribution in [0.5, 0.6) is 5.75 Å². The first-order valence-electron chi connectivity index (χ1n) is 6.53. The fourth-order valence-electron chi connectivity index (χ4n) is 2.20. The molecule has 0 saturated heterocycles. The highest BCUT2D eigenvalue weighted by Gasteiger charge is 2.16. The number of hydrogen-bond acceptors (Lipinski definition) is 4. The highest BCUT2D eigenvalue weighted by atomic mass is 35.5. The summed E-state index contributed by atoms with van der Waals surface area (Å²) in [7, 11) is 0. The Morgan fingerprint density at radius 1 is 1.08 bits per heavy atom. The Morgan fingerprint density at radius 2 is 1.75 bits per heavy atom. The maximum Gasteiger partial charge on any atom is 0.339 e. The number of halogens is 3. The molecule has 0 fully saturated rings. The molecule has 0 aliphatic heterocycles. The molecule has 0 radical (unpaired) electrons. The number of carbonyl (C=O) groups is 1. The summed E-state index contributed by atoms with van der Waals surface area (Å²) < 4.78 is 0. The van der Waals surface area contributed by atoms with Crippen molar-refractivity contribution in [2.75, 3.05) is 5.32 Å². The number of pyridine rings is 1. The van der Waals surface area contributed by atoms with Crippen molar-refractivity contribution in [2.24, 2.45) is 0 Å². The zero-order chi connectivity index (χ0) is 16.6. The van der Waals surface area contributed by atoms with Crippen molar-refractivity contribution in [1.82, 2.24) is 4.98 Å². The second-order valence-corrected chi connectivity index (χ2v) is 5.67. The summed E-state index contributed by atoms with van der Waals surface area (Å²) >= 11 is 11.9. The molecule has 0 saturated carbocycles. The van der Waals surface area contributed by atoms with Crippen LogP contribution in [0.15, 0.2) is 42.6 Å². The van der Waals surface area contributed by atoms with E-state index in [0.29, 0.717) is 20.9 Å². The Labute approximate surface area is 153 Å². The highest BCUT2D eigenvalue weighted by molar-refractivity contribution is 6.31. The Balaban J connectivity index is 0.00000208. The van der Waals surface area contributed by atoms with Crippen LogP contribution in [0.25, 0.3) is 10.9 Å². The van der Waals surface area contributed by atoms with Crippen LogP contribution in [0, 0.1) is 0 Å². The molecule has 8 heteroatoms. The topological polar surface area (TPSA) is 82.5 Å². The normalized spacial score (nSPS) is 10.2. The van der Waals surface area contributed by atoms with E-state index >= 15 is 0 Å². The number of nitrogens with zero attached hydrogens (tertiary/aromatic N) is 1. The average Bonchev–Trinajstić information content (AvgIpc) is 2.51. The highest BCUT2D eigenvalue weighted by Crippen LogP contribution is 2.35. The van der Waals surface area contributed by atoms with Gasteiger partial charge in [-0.25, -0.2) is 4.79 Å². The molecule has 3 aromatic rings. The first-order valence-corrected chi connectivity index (χ1v) is 7.28. The lowest BCUT2D eigenvalue weighted by Gasteiger charge is -2.14. The van der Waals surface area contributed by atoms with Gasteiger partial charge in [0.25, 0.3) is 0 Å². The molecule has 1 aromatic heterocycles. The van der Waals surface area contributed by atoms with E-state index in [-0.39, 0.29) is 35.1 Å². The number of carboxylic acid groups (broad SMARTS) is 1. The molecule has 0 atom stereocenters. The van der Waals surface area contributed by atoms with Gasteiger partial charge in [0.15, 0.2) is 0 Å². The number of aromatic nitrogens is 1. The number of aromatic hydroxyl groups is 1. The van der Waals surface area contributed by atoms with Gasteiger partial charge in [-0.3, -0.25) is 4.98 Å². The van der Waals surface area contributed by atoms with E-state index in [4.69, 9.17) is 23.2 Å². The zero-order valence-electron chi connectivity index (χ0n) is 12.0. The Kier molecular flexibility index (Phi) is 5.39. The lowest BCUT2D eigenvalue weighted by atomic mass is 10.1. The van der Waals surface area contributed by atoms with Gasteiger partial charge >= 0.3 is 5.97 Å². The lowest BCUT2D eigenvalue weighted by Crippen LogP contribution is -2.05. The summed E-state index contributed by atoms with van der Waals surface area (Å²) in [6.45, 7) is 0. The van der Waals surface area contributed by atoms with Crippen LogP contribution >= 0.6 is 35.6 Å². The number of aromatic carboxylic acids is 1. The number of nitrogens with one attached hydrogen (secondary N) is 1. The maximum atomic E-state index is 11.5. The number of hydrogen-bond donors (Lipinski definition) is 3. The van der Waals surface area contributed by atoms with E-state index in [2.05, 4.69) is 10.3 Å². The van der Waals surface area contributed by atoms with E-state index in [1.54, 1.807) is 18.2 Å². The molecule has 0 amide bonds. The molecule has 3 rings (SSSR count). The van der Waals surface area contributed by atoms with Crippen molar-refractivity contribution in [3.8, 4) is 5.75 Å². The summed E-state index contributed by atoms with van der Waals surface area (Å²) in [6.07, 6.45) is 1.25. The van der Waals surface area contributed by atoms with Gasteiger partial charge in [-0.05, 0) is 36.4 Å². The molecule has 24 heavy (non-hydrogen) atoms. The van der Waals surface area contributed by atoms with Gasteiger partial charge in [-0.2, -0.15) is 0 Å². The molecule has 1 heterocycles. The Hall–Kier alpha value is -2.21. The number of anilines is 2. The summed E-state index contributed by atoms with van der Waals surface area (Å²) in [6, 6.07) is 9.41. The van der Waals surface area contributed by atoms with Gasteiger partial charge in [-0.1, -0.05) is 23.2 Å². The number of rotatable bonds is 3. The van der Waals surface area contributed by atoms with Crippen LogP contribution in [0.2, 0.25) is 10.0 Å². The molecular formula is C16H11Cl3N2O3. The number of phenolic OH excluding ortho intramolecular Hbond substituents is 1. The van der Waals surface area contributed by atoms with Crippen LogP contribution in [0.4, 0.5) is 11.4 Å². The Bertz CT molecular complexity index is 932. The first kappa shape index (κ1) is 18.1. The van der Waals surface area contributed by atoms with E-state index in [1.807, 2.05) is 0 Å². The summed E-state index contributed by atoms with van der Waals surface area (Å²) in [4.78, 5) is 15.6. The maximum absolute atomic E-state index is 11.5. The van der Waals surface area contributed by atoms with E-state index in [1.165, 1.54) is 24.4 Å². The minimum atomic E-state index is -1.15. The molecule has 0 unspecified atom stereocenters. The lowest BCUT2D eigenvalue weighted by molar-refractivity contribution is 0.0697. The van der Waals surface area contributed by atoms with E-state index in [0.717, 1.165) is 0 Å². The van der Waals surface area contributed by atoms with E-state index < -0.39 is 5.97 Å². The van der Waals surface area contributed by atoms with Gasteiger partial charge in [0.2, 0.25) is 0 Å². The predicted octanol–water partition coefficient (Wildman–Crippen LogP) is 5.11. The molecule has 3 N–H and O–H groups in total. The number of carboxylic acids is 1. The largest absolute Gasteiger partial charge is 0.506 e. The molecule has 0 aliphatic rings. The number of phenols is 1. The van der Waals surface area contributed by atoms with Crippen molar-refractivity contribution in [2.45, 2.75) is 0 Å². The van der Waals surface area contributed by atoms with Gasteiger partial charge in [0.1, 0.15) is 11.3 Å². The summed E-state index contributed by atoms with van der Waals surface area (Å²) in [5.74, 6) is -1.21. The fourth-order valence-corrected chi connectivity index (χ4v) is 2.55. The van der Waals surface area contributed by atoms with Crippen molar-refractivity contribution in [3.05, 3.63) is 58.2 Å². The molecule has 0 bridgehead atoms. The molecular weight excluding hydrogens is 375 g/mol. The zero-order valence-corrected chi connectivity index (χ0v) is 14.3. The quantitative estimate of drug-likeness (QED) is 0.546. The van der Waals surface area contributed by atoms with Gasteiger partial charge in [0, 0.05) is 21.6 Å². The monoisotopic (exact) mass is 384 g/mol. The predicted molar refractivity (Wildman–Crippen MR) is 97.4 cm³/mol. The van der Waals surface area contributed by atoms with Gasteiger partial charge < -0.3 is 15.5 Å². The molecule has 2 aromatic carbocycles. The number of benzene rings is 2. The van der Waals surface area contributed by atoms with E-state index in [9.17, 15) is 15.0 Å². The molecule has 124 valence electrons. The number of fused-ring (bicyclic) bond motifs is 1. The molecule has 5 nitrogen and oxygen atoms in total. The van der Waals surface area contributed by atoms with Crippen LogP contribution in [-0.2, 0) is 0 Å². The Morgan fingerprint density at radius 3 is 2.46 bits per heavy atom. The average molecular weight is 386 g/mol. The SMILES string of the molecule is Cl.O=C(O)c1cnc2ccc(Cl)cc2c1Nc1cc(Cl)ccc1O. The van der Waals surface area contributed by atoms with Crippen molar-refractivity contribution in [3.63, 3.8) is 0 Å². The van der Waals surface area contributed by atoms with Gasteiger partial charge in [-0.15, -0.1) is 12.4 Å². The van der Waals surface area contributed by atoms with Gasteiger partial charge in [0.05, 0.1) is 16.9 Å². The second-order valence-electron chi connectivity index (χ2n) is 4.80. The second kappa shape index (κ2) is 7.13. The summed E-state index contributed by atoms with van der Waals surface area (Å²) in [5.41, 5.74) is 1.10. The van der Waals surface area contributed by atoms with Crippen molar-refractivity contribution in [1.29, 1.82) is 0 Å². The summed E-state index contributed by atoms with van der Waals surface area (Å²) in [5, 5.41) is 23.6. The van der Waals surface area contributed by atoms with Crippen LogP contribution in [0.1, 0.15) is 10.4 Å². The van der Waals surface area contributed by atoms with Crippen molar-refractivity contribution < 1.29 is 15.0 Å². The van der Waals surface area contributed by atoms with Crippen molar-refractivity contribution >= 4 is 63.9 Å². The fraction of sp³-hybridized carbons (Fsp3) is 0. The third-order valence-corrected chi connectivity index (χ3v) is 3.75. The smallest absolute Gasteiger partial charge is 0.339 e. The minimum Gasteiger partial charge on any atom is -0.506 e. The van der Waals surface area contributed by atoms with Crippen LogP contribution < -0.4 is 5.32 Å². The third-order valence-electron chi connectivity index (χ3n) is 3.28. The minimum absolute atomic E-state index is 0. The standard InChI is InChI=1S/C16H10Cl2N2O3.ClH/c17-8-1-3-12-10(5-8)15(11(7-19-12)16(22)23)20-13-6-9(18)2-4-14(13)21;/h1-7,21H,(H,19,20)(H,22,23);1H. The molecule has 0 spiro atoms.